The van der Waals surface area contributed by atoms with Gasteiger partial charge >= 0.3 is 0 Å². The molecule has 4 rings (SSSR count). The van der Waals surface area contributed by atoms with Gasteiger partial charge < -0.3 is 14.8 Å². The predicted molar refractivity (Wildman–Crippen MR) is 136 cm³/mol. The van der Waals surface area contributed by atoms with Gasteiger partial charge in [-0.3, -0.25) is 10.0 Å². The molecule has 36 heavy (non-hydrogen) atoms. The molecule has 1 heterocycles. The summed E-state index contributed by atoms with van der Waals surface area (Å²) in [7, 11) is 1.55. The number of carbonyl (C=O) groups is 1. The normalized spacial score (nSPS) is 12.9. The maximum atomic E-state index is 15.5. The highest BCUT2D eigenvalue weighted by atomic mass is 19.1. The zero-order valence-corrected chi connectivity index (χ0v) is 20.6. The Hall–Kier alpha value is -3.72. The number of nitrogens with zero attached hydrogens (tertiary/aromatic N) is 2. The molecule has 1 aliphatic carbocycles. The average Bonchev–Trinajstić information content (AvgIpc) is 3.08. The van der Waals surface area contributed by atoms with Crippen LogP contribution in [0.25, 0.3) is 17.0 Å². The van der Waals surface area contributed by atoms with Crippen molar-refractivity contribution in [3.05, 3.63) is 53.1 Å². The minimum Gasteiger partial charge on any atom is -0.493 e. The van der Waals surface area contributed by atoms with Crippen molar-refractivity contribution < 1.29 is 23.9 Å². The molecule has 0 radical (unpaired) electrons. The zero-order valence-electron chi connectivity index (χ0n) is 20.6. The van der Waals surface area contributed by atoms with Crippen LogP contribution in [0.1, 0.15) is 56.6 Å². The maximum Gasteiger partial charge on any atom is 0.243 e. The fourth-order valence-electron chi connectivity index (χ4n) is 4.35. The van der Waals surface area contributed by atoms with Gasteiger partial charge in [-0.05, 0) is 63.1 Å². The van der Waals surface area contributed by atoms with Crippen molar-refractivity contribution in [3.63, 3.8) is 0 Å². The summed E-state index contributed by atoms with van der Waals surface area (Å²) >= 11 is 0. The monoisotopic (exact) mass is 494 g/mol. The van der Waals surface area contributed by atoms with Crippen molar-refractivity contribution >= 4 is 34.4 Å². The second-order valence-electron chi connectivity index (χ2n) is 8.91. The Morgan fingerprint density at radius 1 is 1.14 bits per heavy atom. The smallest absolute Gasteiger partial charge is 0.243 e. The van der Waals surface area contributed by atoms with Crippen molar-refractivity contribution in [3.8, 4) is 11.5 Å². The number of methoxy groups -OCH3 is 1. The first-order chi connectivity index (χ1) is 17.5. The van der Waals surface area contributed by atoms with Crippen LogP contribution >= 0.6 is 0 Å². The van der Waals surface area contributed by atoms with E-state index in [1.54, 1.807) is 30.8 Å². The van der Waals surface area contributed by atoms with Gasteiger partial charge in [-0.2, -0.15) is 0 Å². The zero-order chi connectivity index (χ0) is 25.5. The van der Waals surface area contributed by atoms with Gasteiger partial charge in [-0.1, -0.05) is 17.7 Å². The largest absolute Gasteiger partial charge is 0.493 e. The Balaban J connectivity index is 1.52. The first-order valence-electron chi connectivity index (χ1n) is 12.1. The van der Waals surface area contributed by atoms with Gasteiger partial charge in [0.05, 0.1) is 24.9 Å². The number of aromatic nitrogens is 2. The number of rotatable bonds is 10. The molecule has 8 nitrogen and oxygen atoms in total. The number of aryl methyl sites for hydroxylation is 1. The lowest BCUT2D eigenvalue weighted by Gasteiger charge is -2.15. The summed E-state index contributed by atoms with van der Waals surface area (Å²) in [4.78, 5) is 19.8. The van der Waals surface area contributed by atoms with E-state index in [0.29, 0.717) is 52.5 Å². The quantitative estimate of drug-likeness (QED) is 0.188. The molecule has 1 amide bonds. The molecule has 9 heteroatoms. The van der Waals surface area contributed by atoms with Crippen LogP contribution < -0.4 is 20.3 Å². The molecule has 3 aromatic rings. The van der Waals surface area contributed by atoms with E-state index in [1.165, 1.54) is 11.9 Å². The minimum atomic E-state index is -0.395. The molecule has 3 N–H and O–H groups in total. The van der Waals surface area contributed by atoms with Gasteiger partial charge in [0.25, 0.3) is 0 Å². The minimum absolute atomic E-state index is 0.267. The topological polar surface area (TPSA) is 106 Å². The molecule has 0 saturated heterocycles. The Morgan fingerprint density at radius 2 is 2.00 bits per heavy atom. The molecular weight excluding hydrogens is 463 g/mol. The first kappa shape index (κ1) is 25.4. The van der Waals surface area contributed by atoms with E-state index in [0.717, 1.165) is 37.7 Å². The summed E-state index contributed by atoms with van der Waals surface area (Å²) < 4.78 is 26.9. The molecule has 0 saturated carbocycles. The number of anilines is 2. The van der Waals surface area contributed by atoms with Crippen molar-refractivity contribution in [2.24, 2.45) is 0 Å². The molecule has 190 valence electrons. The van der Waals surface area contributed by atoms with Crippen LogP contribution in [0.4, 0.5) is 15.9 Å². The van der Waals surface area contributed by atoms with E-state index in [1.807, 2.05) is 19.1 Å². The van der Waals surface area contributed by atoms with Crippen molar-refractivity contribution in [2.45, 2.75) is 51.9 Å². The van der Waals surface area contributed by atoms with E-state index in [-0.39, 0.29) is 12.2 Å². The Labute approximate surface area is 209 Å². The lowest BCUT2D eigenvalue weighted by Crippen LogP contribution is -2.17. The molecule has 0 aliphatic heterocycles. The summed E-state index contributed by atoms with van der Waals surface area (Å²) in [5.74, 6) is 0.846. The third kappa shape index (κ3) is 5.91. The summed E-state index contributed by atoms with van der Waals surface area (Å²) in [6.45, 7) is 2.47. The molecule has 1 aliphatic rings. The molecule has 0 spiro atoms. The SMILES string of the molecule is COc1cc2c(Nc3ccc4c(c3F)C=C(C)CCC4)ncnc2cc1OCCCCCC(=O)NO. The molecule has 1 aromatic heterocycles. The van der Waals surface area contributed by atoms with Gasteiger partial charge in [0.1, 0.15) is 12.1 Å². The van der Waals surface area contributed by atoms with Gasteiger partial charge in [0.15, 0.2) is 17.3 Å². The van der Waals surface area contributed by atoms with Crippen molar-refractivity contribution in [1.82, 2.24) is 15.4 Å². The van der Waals surface area contributed by atoms with Crippen LogP contribution in [0.15, 0.2) is 36.2 Å². The predicted octanol–water partition coefficient (Wildman–Crippen LogP) is 5.71. The van der Waals surface area contributed by atoms with Gasteiger partial charge in [0, 0.05) is 23.4 Å². The number of hydrogen-bond acceptors (Lipinski definition) is 7. The highest BCUT2D eigenvalue weighted by Crippen LogP contribution is 2.36. The maximum absolute atomic E-state index is 15.5. The van der Waals surface area contributed by atoms with E-state index in [9.17, 15) is 4.79 Å². The van der Waals surface area contributed by atoms with E-state index in [4.69, 9.17) is 14.7 Å². The Kier molecular flexibility index (Phi) is 8.32. The highest BCUT2D eigenvalue weighted by Gasteiger charge is 2.17. The van der Waals surface area contributed by atoms with Crippen LogP contribution in [0.2, 0.25) is 0 Å². The highest BCUT2D eigenvalue weighted by molar-refractivity contribution is 5.93. The molecule has 2 aromatic carbocycles. The first-order valence-corrected chi connectivity index (χ1v) is 12.1. The Morgan fingerprint density at radius 3 is 2.81 bits per heavy atom. The summed E-state index contributed by atoms with van der Waals surface area (Å²) in [5, 5.41) is 12.4. The van der Waals surface area contributed by atoms with Gasteiger partial charge in [-0.25, -0.2) is 19.8 Å². The van der Waals surface area contributed by atoms with E-state index in [2.05, 4.69) is 15.3 Å². The third-order valence-electron chi connectivity index (χ3n) is 6.28. The van der Waals surface area contributed by atoms with Gasteiger partial charge in [0.2, 0.25) is 5.91 Å². The second-order valence-corrected chi connectivity index (χ2v) is 8.91. The number of allylic oxidation sites excluding steroid dienone is 1. The third-order valence-corrected chi connectivity index (χ3v) is 6.28. The van der Waals surface area contributed by atoms with Crippen LogP contribution in [-0.2, 0) is 11.2 Å². The molecule has 0 bridgehead atoms. The second kappa shape index (κ2) is 11.8. The molecule has 0 atom stereocenters. The standard InChI is InChI=1S/C27H31FN4O4/c1-17-7-6-8-18-10-11-21(26(28)19(18)13-17)31-27-20-14-23(35-2)24(15-22(20)29-16-30-27)36-12-5-3-4-9-25(33)32-34/h10-11,13-16,34H,3-9,12H2,1-2H3,(H,32,33)(H,29,30,31). The lowest BCUT2D eigenvalue weighted by molar-refractivity contribution is -0.129. The van der Waals surface area contributed by atoms with E-state index < -0.39 is 5.91 Å². The fraction of sp³-hybridized carbons (Fsp3) is 0.370. The number of amides is 1. The van der Waals surface area contributed by atoms with Crippen molar-refractivity contribution in [2.75, 3.05) is 19.0 Å². The van der Waals surface area contributed by atoms with E-state index >= 15 is 4.39 Å². The number of hydrogen-bond donors (Lipinski definition) is 3. The van der Waals surface area contributed by atoms with Crippen LogP contribution in [-0.4, -0.2) is 34.8 Å². The van der Waals surface area contributed by atoms with Gasteiger partial charge in [-0.15, -0.1) is 0 Å². The number of benzene rings is 2. The van der Waals surface area contributed by atoms with Crippen LogP contribution in [0.5, 0.6) is 11.5 Å². The van der Waals surface area contributed by atoms with Crippen molar-refractivity contribution in [1.29, 1.82) is 0 Å². The number of hydroxylamine groups is 1. The molecular formula is C27H31FN4O4. The van der Waals surface area contributed by atoms with Crippen LogP contribution in [0.3, 0.4) is 0 Å². The summed E-state index contributed by atoms with van der Waals surface area (Å²) in [5.41, 5.74) is 5.44. The fourth-order valence-corrected chi connectivity index (χ4v) is 4.35. The number of nitrogens with one attached hydrogen (secondary N) is 2. The number of carbonyl (C=O) groups excluding carboxylic acids is 1. The number of ether oxygens (including phenoxy) is 2. The molecule has 0 unspecified atom stereocenters. The lowest BCUT2D eigenvalue weighted by atomic mass is 10.0. The van der Waals surface area contributed by atoms with Crippen LogP contribution in [0, 0.1) is 5.82 Å². The summed E-state index contributed by atoms with van der Waals surface area (Å²) in [6, 6.07) is 7.29. The number of unbranched alkanes of at least 4 members (excludes halogenated alkanes) is 2. The number of fused-ring (bicyclic) bond motifs is 2. The Bertz CT molecular complexity index is 1280. The average molecular weight is 495 g/mol. The number of halogens is 1. The summed E-state index contributed by atoms with van der Waals surface area (Å²) in [6.07, 6.45) is 8.65. The molecule has 0 fully saturated rings.